The lowest BCUT2D eigenvalue weighted by molar-refractivity contribution is 0.202. The summed E-state index contributed by atoms with van der Waals surface area (Å²) in [6, 6.07) is 17.2. The molecule has 0 saturated heterocycles. The quantitative estimate of drug-likeness (QED) is 0.501. The van der Waals surface area contributed by atoms with Crippen molar-refractivity contribution in [2.24, 2.45) is 0 Å². The van der Waals surface area contributed by atoms with Crippen LogP contribution in [0.15, 0.2) is 54.6 Å². The molecule has 0 spiro atoms. The number of nitrogens with two attached hydrogens (primary N) is 1. The van der Waals surface area contributed by atoms with E-state index < -0.39 is 6.09 Å². The summed E-state index contributed by atoms with van der Waals surface area (Å²) in [5.41, 5.74) is 9.04. The van der Waals surface area contributed by atoms with E-state index >= 15 is 0 Å². The molecule has 3 N–H and O–H groups in total. The number of carboxylic acid groups (broad SMARTS) is 1. The van der Waals surface area contributed by atoms with Crippen molar-refractivity contribution >= 4 is 39.8 Å². The fourth-order valence-corrected chi connectivity index (χ4v) is 3.87. The summed E-state index contributed by atoms with van der Waals surface area (Å²) in [4.78, 5) is 13.1. The smallest absolute Gasteiger partial charge is 0.411 e. The van der Waals surface area contributed by atoms with Gasteiger partial charge in [0.2, 0.25) is 0 Å². The highest BCUT2D eigenvalue weighted by Gasteiger charge is 2.34. The van der Waals surface area contributed by atoms with Gasteiger partial charge in [0, 0.05) is 35.5 Å². The molecular formula is C21H19ClN2O3. The summed E-state index contributed by atoms with van der Waals surface area (Å²) in [7, 11) is 0. The van der Waals surface area contributed by atoms with Crippen LogP contribution in [0.5, 0.6) is 5.75 Å². The maximum absolute atomic E-state index is 11.7. The van der Waals surface area contributed by atoms with Crippen molar-refractivity contribution in [1.29, 1.82) is 0 Å². The number of rotatable bonds is 4. The lowest BCUT2D eigenvalue weighted by Gasteiger charge is -2.17. The molecule has 0 bridgehead atoms. The van der Waals surface area contributed by atoms with Crippen LogP contribution in [0.25, 0.3) is 10.8 Å². The Bertz CT molecular complexity index is 1000. The van der Waals surface area contributed by atoms with E-state index in [2.05, 4.69) is 0 Å². The largest absolute Gasteiger partial charge is 0.488 e. The molecule has 0 aromatic heterocycles. The number of carbonyl (C=O) groups is 1. The van der Waals surface area contributed by atoms with Crippen molar-refractivity contribution in [3.8, 4) is 5.75 Å². The Kier molecular flexibility index (Phi) is 4.54. The zero-order valence-corrected chi connectivity index (χ0v) is 15.3. The minimum absolute atomic E-state index is 0.0335. The average molecular weight is 383 g/mol. The molecule has 4 rings (SSSR count). The Morgan fingerprint density at radius 3 is 2.56 bits per heavy atom. The molecule has 27 heavy (non-hydrogen) atoms. The fraction of sp³-hybridized carbons (Fsp3) is 0.190. The molecule has 1 aliphatic rings. The van der Waals surface area contributed by atoms with Crippen LogP contribution in [0.3, 0.4) is 0 Å². The lowest BCUT2D eigenvalue weighted by Crippen LogP contribution is -2.28. The van der Waals surface area contributed by atoms with Crippen LogP contribution < -0.4 is 15.4 Å². The Labute approximate surface area is 161 Å². The van der Waals surface area contributed by atoms with Gasteiger partial charge in [0.25, 0.3) is 0 Å². The fourth-order valence-electron chi connectivity index (χ4n) is 3.61. The second-order valence-electron chi connectivity index (χ2n) is 6.63. The molecule has 3 aromatic rings. The molecule has 5 nitrogen and oxygen atoms in total. The third kappa shape index (κ3) is 3.15. The van der Waals surface area contributed by atoms with Crippen LogP contribution in [0.4, 0.5) is 16.2 Å². The Morgan fingerprint density at radius 1 is 1.19 bits per heavy atom. The van der Waals surface area contributed by atoms with Gasteiger partial charge in [-0.05, 0) is 28.6 Å². The number of alkyl halides is 1. The predicted octanol–water partition coefficient (Wildman–Crippen LogP) is 4.82. The molecule has 1 heterocycles. The van der Waals surface area contributed by atoms with Crippen LogP contribution >= 0.6 is 11.6 Å². The van der Waals surface area contributed by atoms with Crippen molar-refractivity contribution in [2.45, 2.75) is 12.5 Å². The van der Waals surface area contributed by atoms with E-state index in [0.29, 0.717) is 36.2 Å². The van der Waals surface area contributed by atoms with Crippen molar-refractivity contribution in [1.82, 2.24) is 0 Å². The van der Waals surface area contributed by atoms with E-state index in [1.807, 2.05) is 54.6 Å². The summed E-state index contributed by atoms with van der Waals surface area (Å²) in [6.45, 7) is 0.731. The minimum atomic E-state index is -0.983. The van der Waals surface area contributed by atoms with Crippen LogP contribution in [0.1, 0.15) is 17.0 Å². The van der Waals surface area contributed by atoms with Gasteiger partial charge < -0.3 is 15.6 Å². The Balaban J connectivity index is 1.78. The standard InChI is InChI=1S/C21H19ClN2O3/c22-10-14-11-24(21(25)26)18-9-19(16-3-1-2-4-17(16)20(14)18)27-12-13-5-7-15(23)8-6-13/h1-9,14H,10-12,23H2,(H,25,26)/t14-/m1/s1. The molecular weight excluding hydrogens is 364 g/mol. The Hall–Kier alpha value is -2.92. The van der Waals surface area contributed by atoms with E-state index in [-0.39, 0.29) is 5.92 Å². The highest BCUT2D eigenvalue weighted by atomic mass is 35.5. The van der Waals surface area contributed by atoms with Gasteiger partial charge in [0.1, 0.15) is 12.4 Å². The van der Waals surface area contributed by atoms with Crippen LogP contribution in [0, 0.1) is 0 Å². The molecule has 1 aliphatic heterocycles. The zero-order chi connectivity index (χ0) is 19.0. The van der Waals surface area contributed by atoms with Crippen LogP contribution in [-0.2, 0) is 6.61 Å². The van der Waals surface area contributed by atoms with E-state index in [1.54, 1.807) is 0 Å². The van der Waals surface area contributed by atoms with Crippen LogP contribution in [0.2, 0.25) is 0 Å². The molecule has 1 amide bonds. The van der Waals surface area contributed by atoms with E-state index in [9.17, 15) is 9.90 Å². The molecule has 0 radical (unpaired) electrons. The third-order valence-corrected chi connectivity index (χ3v) is 5.29. The highest BCUT2D eigenvalue weighted by molar-refractivity contribution is 6.19. The molecule has 0 unspecified atom stereocenters. The summed E-state index contributed by atoms with van der Waals surface area (Å²) in [5, 5.41) is 11.5. The highest BCUT2D eigenvalue weighted by Crippen LogP contribution is 2.45. The lowest BCUT2D eigenvalue weighted by atomic mass is 9.95. The van der Waals surface area contributed by atoms with Crippen molar-refractivity contribution < 1.29 is 14.6 Å². The van der Waals surface area contributed by atoms with Crippen LogP contribution in [-0.4, -0.2) is 23.6 Å². The minimum Gasteiger partial charge on any atom is -0.488 e. The first-order valence-corrected chi connectivity index (χ1v) is 9.21. The summed E-state index contributed by atoms with van der Waals surface area (Å²) >= 11 is 6.14. The first-order valence-electron chi connectivity index (χ1n) is 8.67. The van der Waals surface area contributed by atoms with Gasteiger partial charge in [0.15, 0.2) is 0 Å². The number of benzene rings is 3. The molecule has 138 valence electrons. The number of fused-ring (bicyclic) bond motifs is 3. The molecule has 0 aliphatic carbocycles. The summed E-state index contributed by atoms with van der Waals surface area (Å²) in [6.07, 6.45) is -0.983. The monoisotopic (exact) mass is 382 g/mol. The second-order valence-corrected chi connectivity index (χ2v) is 6.94. The average Bonchev–Trinajstić information content (AvgIpc) is 3.06. The van der Waals surface area contributed by atoms with Crippen molar-refractivity contribution in [2.75, 3.05) is 23.1 Å². The number of nitrogen functional groups attached to an aromatic ring is 1. The molecule has 3 aromatic carbocycles. The van der Waals surface area contributed by atoms with E-state index in [1.165, 1.54) is 4.90 Å². The van der Waals surface area contributed by atoms with Gasteiger partial charge in [-0.25, -0.2) is 4.79 Å². The van der Waals surface area contributed by atoms with Gasteiger partial charge >= 0.3 is 6.09 Å². The van der Waals surface area contributed by atoms with E-state index in [0.717, 1.165) is 21.9 Å². The number of halogens is 1. The normalized spacial score (nSPS) is 15.7. The summed E-state index contributed by atoms with van der Waals surface area (Å²) < 4.78 is 6.07. The SMILES string of the molecule is Nc1ccc(COc2cc3c(c4ccccc24)[C@H](CCl)CN3C(=O)O)cc1. The number of amides is 1. The number of hydrogen-bond acceptors (Lipinski definition) is 3. The first kappa shape index (κ1) is 17.5. The molecule has 1 atom stereocenters. The molecule has 6 heteroatoms. The maximum atomic E-state index is 11.7. The number of hydrogen-bond donors (Lipinski definition) is 2. The zero-order valence-electron chi connectivity index (χ0n) is 14.6. The Morgan fingerprint density at radius 2 is 1.89 bits per heavy atom. The number of ether oxygens (including phenoxy) is 1. The first-order chi connectivity index (χ1) is 13.1. The predicted molar refractivity (Wildman–Crippen MR) is 108 cm³/mol. The number of nitrogens with zero attached hydrogens (tertiary/aromatic N) is 1. The maximum Gasteiger partial charge on any atom is 0.411 e. The van der Waals surface area contributed by atoms with Gasteiger partial charge in [0.05, 0.1) is 5.69 Å². The van der Waals surface area contributed by atoms with Crippen molar-refractivity contribution in [3.63, 3.8) is 0 Å². The summed E-state index contributed by atoms with van der Waals surface area (Å²) in [5.74, 6) is 0.989. The molecule has 0 fully saturated rings. The van der Waals surface area contributed by atoms with Gasteiger partial charge in [-0.15, -0.1) is 11.6 Å². The molecule has 0 saturated carbocycles. The van der Waals surface area contributed by atoms with Gasteiger partial charge in [-0.3, -0.25) is 4.90 Å². The third-order valence-electron chi connectivity index (χ3n) is 4.92. The second kappa shape index (κ2) is 7.00. The topological polar surface area (TPSA) is 75.8 Å². The van der Waals surface area contributed by atoms with Gasteiger partial charge in [-0.1, -0.05) is 36.4 Å². The van der Waals surface area contributed by atoms with Gasteiger partial charge in [-0.2, -0.15) is 0 Å². The van der Waals surface area contributed by atoms with Crippen molar-refractivity contribution in [3.05, 3.63) is 65.7 Å². The number of anilines is 2. The van der Waals surface area contributed by atoms with E-state index in [4.69, 9.17) is 22.1 Å².